The third-order valence-corrected chi connectivity index (χ3v) is 5.39. The number of hydrogen-bond acceptors (Lipinski definition) is 3. The summed E-state index contributed by atoms with van der Waals surface area (Å²) in [6.07, 6.45) is 10.9. The van der Waals surface area contributed by atoms with Gasteiger partial charge >= 0.3 is 0 Å². The fourth-order valence-electron chi connectivity index (χ4n) is 3.88. The van der Waals surface area contributed by atoms with E-state index >= 15 is 0 Å². The molecular formula is C28H15NO3. The molecule has 0 unspecified atom stereocenters. The zero-order valence-electron chi connectivity index (χ0n) is 16.8. The molecule has 5 rings (SSSR count). The largest absolute Gasteiger partial charge is 0.457 e. The lowest BCUT2D eigenvalue weighted by molar-refractivity contribution is 0.0893. The van der Waals surface area contributed by atoms with Gasteiger partial charge in [-0.15, -0.1) is 12.8 Å². The van der Waals surface area contributed by atoms with Crippen LogP contribution in [0.15, 0.2) is 78.9 Å². The van der Waals surface area contributed by atoms with Gasteiger partial charge in [0, 0.05) is 33.0 Å². The third kappa shape index (κ3) is 2.99. The van der Waals surface area contributed by atoms with Crippen LogP contribution in [-0.2, 0) is 0 Å². The maximum Gasteiger partial charge on any atom is 0.265 e. The van der Waals surface area contributed by atoms with Gasteiger partial charge in [0.15, 0.2) is 0 Å². The molecule has 0 saturated heterocycles. The first kappa shape index (κ1) is 19.2. The van der Waals surface area contributed by atoms with E-state index in [9.17, 15) is 9.59 Å². The number of carbonyl (C=O) groups is 2. The molecule has 0 radical (unpaired) electrons. The zero-order chi connectivity index (χ0) is 22.2. The van der Waals surface area contributed by atoms with Crippen molar-refractivity contribution in [1.29, 1.82) is 0 Å². The Bertz CT molecular complexity index is 1480. The molecule has 0 spiro atoms. The molecule has 4 nitrogen and oxygen atoms in total. The summed E-state index contributed by atoms with van der Waals surface area (Å²) in [5, 5.41) is 1.25. The highest BCUT2D eigenvalue weighted by molar-refractivity contribution is 6.36. The van der Waals surface area contributed by atoms with Gasteiger partial charge in [0.2, 0.25) is 0 Å². The summed E-state index contributed by atoms with van der Waals surface area (Å²) in [6, 6.07) is 22.7. The highest BCUT2D eigenvalue weighted by Crippen LogP contribution is 2.38. The summed E-state index contributed by atoms with van der Waals surface area (Å²) in [6.45, 7) is 0. The molecule has 0 saturated carbocycles. The molecule has 4 aromatic carbocycles. The van der Waals surface area contributed by atoms with Crippen LogP contribution in [0.5, 0.6) is 11.5 Å². The van der Waals surface area contributed by atoms with Crippen molar-refractivity contribution in [3.63, 3.8) is 0 Å². The standard InChI is InChI=1S/C28H15NO3/c1-3-18-11-13-20(14-12-18)29-27(30)23-10-6-9-22-25(16-15-24(26(22)23)28(29)31)32-21-8-5-7-19(4-2)17-21/h1-2,5-17H. The maximum absolute atomic E-state index is 13.3. The van der Waals surface area contributed by atoms with Crippen LogP contribution in [0.4, 0.5) is 5.69 Å². The van der Waals surface area contributed by atoms with Crippen LogP contribution >= 0.6 is 0 Å². The topological polar surface area (TPSA) is 46.6 Å². The lowest BCUT2D eigenvalue weighted by atomic mass is 9.93. The van der Waals surface area contributed by atoms with Crippen molar-refractivity contribution in [3.05, 3.63) is 101 Å². The minimum atomic E-state index is -0.395. The van der Waals surface area contributed by atoms with Crippen LogP contribution in [-0.4, -0.2) is 11.8 Å². The first-order valence-corrected chi connectivity index (χ1v) is 9.86. The van der Waals surface area contributed by atoms with Gasteiger partial charge in [-0.05, 0) is 60.7 Å². The van der Waals surface area contributed by atoms with E-state index in [-0.39, 0.29) is 0 Å². The van der Waals surface area contributed by atoms with Crippen molar-refractivity contribution >= 4 is 28.3 Å². The summed E-state index contributed by atoms with van der Waals surface area (Å²) < 4.78 is 6.07. The molecule has 1 heterocycles. The fourth-order valence-corrected chi connectivity index (χ4v) is 3.88. The predicted octanol–water partition coefficient (Wildman–Crippen LogP) is 5.40. The normalized spacial score (nSPS) is 12.4. The summed E-state index contributed by atoms with van der Waals surface area (Å²) in [5.74, 6) is 5.43. The Labute approximate surface area is 185 Å². The average molecular weight is 413 g/mol. The second-order valence-electron chi connectivity index (χ2n) is 7.25. The first-order valence-electron chi connectivity index (χ1n) is 9.86. The van der Waals surface area contributed by atoms with E-state index in [2.05, 4.69) is 11.8 Å². The van der Waals surface area contributed by atoms with E-state index < -0.39 is 11.8 Å². The van der Waals surface area contributed by atoms with Crippen LogP contribution in [0.25, 0.3) is 10.8 Å². The Kier molecular flexibility index (Phi) is 4.48. The van der Waals surface area contributed by atoms with Gasteiger partial charge in [0.1, 0.15) is 11.5 Å². The van der Waals surface area contributed by atoms with E-state index in [1.54, 1.807) is 60.7 Å². The smallest absolute Gasteiger partial charge is 0.265 e. The number of carbonyl (C=O) groups excluding carboxylic acids is 2. The molecule has 0 atom stereocenters. The molecule has 4 heteroatoms. The van der Waals surface area contributed by atoms with E-state index in [4.69, 9.17) is 17.6 Å². The zero-order valence-corrected chi connectivity index (χ0v) is 16.8. The predicted molar refractivity (Wildman–Crippen MR) is 124 cm³/mol. The molecule has 1 aliphatic rings. The SMILES string of the molecule is C#Cc1ccc(N2C(=O)c3cccc4c(Oc5cccc(C#C)c5)ccc(c34)C2=O)cc1. The second-order valence-corrected chi connectivity index (χ2v) is 7.25. The van der Waals surface area contributed by atoms with E-state index in [0.717, 1.165) is 0 Å². The molecule has 0 aliphatic carbocycles. The minimum absolute atomic E-state index is 0.395. The Hall–Kier alpha value is -4.80. The van der Waals surface area contributed by atoms with Crippen LogP contribution in [0.1, 0.15) is 31.8 Å². The number of anilines is 1. The number of benzene rings is 4. The molecular weight excluding hydrogens is 398 g/mol. The quantitative estimate of drug-likeness (QED) is 0.334. The number of rotatable bonds is 3. The van der Waals surface area contributed by atoms with Crippen LogP contribution < -0.4 is 9.64 Å². The lowest BCUT2D eigenvalue weighted by Gasteiger charge is -2.27. The molecule has 150 valence electrons. The van der Waals surface area contributed by atoms with Crippen LogP contribution in [0.3, 0.4) is 0 Å². The Balaban J connectivity index is 1.62. The van der Waals surface area contributed by atoms with Gasteiger partial charge < -0.3 is 4.74 Å². The van der Waals surface area contributed by atoms with Crippen molar-refractivity contribution in [2.75, 3.05) is 4.90 Å². The first-order chi connectivity index (χ1) is 15.6. The monoisotopic (exact) mass is 413 g/mol. The number of nitrogens with zero attached hydrogens (tertiary/aromatic N) is 1. The Morgan fingerprint density at radius 1 is 0.719 bits per heavy atom. The highest BCUT2D eigenvalue weighted by Gasteiger charge is 2.34. The molecule has 0 bridgehead atoms. The minimum Gasteiger partial charge on any atom is -0.457 e. The number of terminal acetylenes is 2. The molecule has 2 amide bonds. The van der Waals surface area contributed by atoms with Crippen LogP contribution in [0, 0.1) is 24.7 Å². The molecule has 4 aromatic rings. The number of imide groups is 1. The number of hydrogen-bond donors (Lipinski definition) is 0. The lowest BCUT2D eigenvalue weighted by Crippen LogP contribution is -2.40. The molecule has 1 aliphatic heterocycles. The van der Waals surface area contributed by atoms with Gasteiger partial charge in [-0.25, -0.2) is 4.90 Å². The Morgan fingerprint density at radius 3 is 2.12 bits per heavy atom. The fraction of sp³-hybridized carbons (Fsp3) is 0. The van der Waals surface area contributed by atoms with Crippen LogP contribution in [0.2, 0.25) is 0 Å². The number of amides is 2. The third-order valence-electron chi connectivity index (χ3n) is 5.39. The summed E-state index contributed by atoms with van der Waals surface area (Å²) in [5.41, 5.74) is 2.70. The van der Waals surface area contributed by atoms with Crippen molar-refractivity contribution < 1.29 is 14.3 Å². The van der Waals surface area contributed by atoms with Crippen molar-refractivity contribution in [2.45, 2.75) is 0 Å². The molecule has 32 heavy (non-hydrogen) atoms. The molecule has 0 aromatic heterocycles. The average Bonchev–Trinajstić information content (AvgIpc) is 2.84. The molecule has 0 N–H and O–H groups in total. The summed E-state index contributed by atoms with van der Waals surface area (Å²) in [4.78, 5) is 27.8. The Morgan fingerprint density at radius 2 is 1.41 bits per heavy atom. The van der Waals surface area contributed by atoms with Crippen molar-refractivity contribution in [3.8, 4) is 36.2 Å². The summed E-state index contributed by atoms with van der Waals surface area (Å²) in [7, 11) is 0. The van der Waals surface area contributed by atoms with E-state index in [1.807, 2.05) is 18.2 Å². The van der Waals surface area contributed by atoms with E-state index in [1.165, 1.54) is 4.90 Å². The van der Waals surface area contributed by atoms with Crippen molar-refractivity contribution in [1.82, 2.24) is 0 Å². The number of ether oxygens (including phenoxy) is 1. The van der Waals surface area contributed by atoms with Crippen molar-refractivity contribution in [2.24, 2.45) is 0 Å². The summed E-state index contributed by atoms with van der Waals surface area (Å²) >= 11 is 0. The van der Waals surface area contributed by atoms with E-state index in [0.29, 0.717) is 50.2 Å². The molecule has 0 fully saturated rings. The van der Waals surface area contributed by atoms with Gasteiger partial charge in [0.05, 0.1) is 5.69 Å². The van der Waals surface area contributed by atoms with Gasteiger partial charge in [-0.1, -0.05) is 30.0 Å². The maximum atomic E-state index is 13.3. The van der Waals surface area contributed by atoms with Gasteiger partial charge in [0.25, 0.3) is 11.8 Å². The van der Waals surface area contributed by atoms with Gasteiger partial charge in [-0.3, -0.25) is 9.59 Å². The second kappa shape index (κ2) is 7.47. The van der Waals surface area contributed by atoms with Gasteiger partial charge in [-0.2, -0.15) is 0 Å². The highest BCUT2D eigenvalue weighted by atomic mass is 16.5.